The molecule has 306 valence electrons. The van der Waals surface area contributed by atoms with Crippen molar-refractivity contribution in [3.05, 3.63) is 70.8 Å². The molecule has 4 heterocycles. The van der Waals surface area contributed by atoms with Gasteiger partial charge in [-0.1, -0.05) is 87.1 Å². The Kier molecular flexibility index (Phi) is 13.2. The Morgan fingerprint density at radius 3 is 1.07 bits per heavy atom. The van der Waals surface area contributed by atoms with Crippen LogP contribution in [-0.2, 0) is 0 Å². The lowest BCUT2D eigenvalue weighted by molar-refractivity contribution is 0.136. The number of hydrogen-bond acceptors (Lipinski definition) is 4. The average molecular weight is 765 g/mol. The van der Waals surface area contributed by atoms with Gasteiger partial charge in [-0.2, -0.15) is 0 Å². The van der Waals surface area contributed by atoms with Crippen molar-refractivity contribution < 1.29 is 9.59 Å². The van der Waals surface area contributed by atoms with Crippen LogP contribution >= 0.6 is 0 Å². The monoisotopic (exact) mass is 765 g/mol. The van der Waals surface area contributed by atoms with Crippen molar-refractivity contribution in [2.24, 2.45) is 23.3 Å². The first kappa shape index (κ1) is 39.7. The maximum Gasteiger partial charge on any atom is 0.315 e. The third-order valence-corrected chi connectivity index (χ3v) is 15.7. The molecular formula is C48H72N6O2. The van der Waals surface area contributed by atoms with Gasteiger partial charge in [0.2, 0.25) is 0 Å². The van der Waals surface area contributed by atoms with Crippen molar-refractivity contribution in [3.63, 3.8) is 0 Å². The molecule has 4 N–H and O–H groups in total. The summed E-state index contributed by atoms with van der Waals surface area (Å²) in [6.45, 7) is 4.03. The molecule has 4 bridgehead atoms. The average Bonchev–Trinajstić information content (AvgIpc) is 3.98. The van der Waals surface area contributed by atoms with Crippen LogP contribution in [0.5, 0.6) is 0 Å². The Balaban J connectivity index is 0.646. The van der Waals surface area contributed by atoms with E-state index in [4.69, 9.17) is 11.5 Å². The lowest BCUT2D eigenvalue weighted by Gasteiger charge is -2.37. The van der Waals surface area contributed by atoms with Crippen molar-refractivity contribution in [3.8, 4) is 0 Å². The molecule has 8 nitrogen and oxygen atoms in total. The van der Waals surface area contributed by atoms with Gasteiger partial charge in [0.05, 0.1) is 0 Å². The topological polar surface area (TPSA) is 99.1 Å². The van der Waals surface area contributed by atoms with Crippen LogP contribution < -0.4 is 11.5 Å². The number of nitrogens with zero attached hydrogens (tertiary/aromatic N) is 4. The maximum atomic E-state index is 12.5. The Morgan fingerprint density at radius 2 is 0.768 bits per heavy atom. The molecule has 56 heavy (non-hydrogen) atoms. The van der Waals surface area contributed by atoms with Crippen LogP contribution in [0.25, 0.3) is 0 Å². The molecule has 0 spiro atoms. The van der Waals surface area contributed by atoms with Crippen LogP contribution in [0.3, 0.4) is 0 Å². The third kappa shape index (κ3) is 8.82. The van der Waals surface area contributed by atoms with E-state index in [9.17, 15) is 9.59 Å². The predicted octanol–water partition coefficient (Wildman–Crippen LogP) is 10.5. The van der Waals surface area contributed by atoms with Gasteiger partial charge in [0.15, 0.2) is 0 Å². The van der Waals surface area contributed by atoms with Gasteiger partial charge < -0.3 is 21.3 Å². The number of unbranched alkanes of at least 4 members (excludes halogenated alkanes) is 7. The van der Waals surface area contributed by atoms with Crippen LogP contribution in [0, 0.1) is 11.8 Å². The van der Waals surface area contributed by atoms with Crippen LogP contribution in [-0.4, -0.2) is 69.9 Å². The number of hydrogen-bond donors (Lipinski definition) is 2. The van der Waals surface area contributed by atoms with E-state index in [2.05, 4.69) is 58.3 Å². The van der Waals surface area contributed by atoms with E-state index in [1.807, 2.05) is 9.80 Å². The molecule has 2 aromatic rings. The summed E-state index contributed by atoms with van der Waals surface area (Å²) in [5, 5.41) is 0. The molecule has 2 saturated heterocycles. The van der Waals surface area contributed by atoms with Crippen molar-refractivity contribution in [1.82, 2.24) is 19.6 Å². The Hall–Kier alpha value is -3.10. The lowest BCUT2D eigenvalue weighted by Crippen LogP contribution is -2.45. The largest absolute Gasteiger partial charge is 0.351 e. The van der Waals surface area contributed by atoms with E-state index in [-0.39, 0.29) is 12.1 Å². The summed E-state index contributed by atoms with van der Waals surface area (Å²) in [5.41, 5.74) is 18.2. The number of urea groups is 2. The molecule has 8 heteroatoms. The van der Waals surface area contributed by atoms with E-state index in [1.165, 1.54) is 103 Å². The molecule has 2 saturated carbocycles. The molecule has 6 aliphatic rings. The van der Waals surface area contributed by atoms with Crippen molar-refractivity contribution in [1.29, 1.82) is 0 Å². The zero-order valence-electron chi connectivity index (χ0n) is 34.4. The van der Waals surface area contributed by atoms with Crippen molar-refractivity contribution in [2.75, 3.05) is 26.2 Å². The van der Waals surface area contributed by atoms with Crippen molar-refractivity contribution >= 4 is 12.1 Å². The zero-order chi connectivity index (χ0) is 38.4. The first-order valence-electron chi connectivity index (χ1n) is 23.3. The molecule has 8 rings (SSSR count). The number of nitrogens with two attached hydrogens (primary N) is 2. The summed E-state index contributed by atoms with van der Waals surface area (Å²) in [5.74, 6) is 1.54. The molecule has 0 unspecified atom stereocenters. The summed E-state index contributed by atoms with van der Waals surface area (Å²) in [6, 6.07) is 21.0. The fourth-order valence-electron chi connectivity index (χ4n) is 12.6. The van der Waals surface area contributed by atoms with E-state index < -0.39 is 0 Å². The number of fused-ring (bicyclic) bond motifs is 10. The van der Waals surface area contributed by atoms with Crippen LogP contribution in [0.1, 0.15) is 188 Å². The van der Waals surface area contributed by atoms with Gasteiger partial charge in [-0.15, -0.1) is 0 Å². The smallest absolute Gasteiger partial charge is 0.315 e. The minimum Gasteiger partial charge on any atom is -0.351 e. The van der Waals surface area contributed by atoms with Crippen LogP contribution in [0.15, 0.2) is 48.5 Å². The highest BCUT2D eigenvalue weighted by Crippen LogP contribution is 2.54. The van der Waals surface area contributed by atoms with Gasteiger partial charge in [-0.3, -0.25) is 9.80 Å². The predicted molar refractivity (Wildman–Crippen MR) is 226 cm³/mol. The first-order valence-corrected chi connectivity index (χ1v) is 23.3. The highest BCUT2D eigenvalue weighted by molar-refractivity contribution is 5.72. The minimum absolute atomic E-state index is 0.228. The highest BCUT2D eigenvalue weighted by Gasteiger charge is 2.44. The number of carbonyl (C=O) groups excluding carboxylic acids is 2. The molecule has 0 radical (unpaired) electrons. The van der Waals surface area contributed by atoms with E-state index in [0.29, 0.717) is 36.3 Å². The summed E-state index contributed by atoms with van der Waals surface area (Å²) in [7, 11) is 0. The summed E-state index contributed by atoms with van der Waals surface area (Å²) in [4.78, 5) is 34.5. The zero-order valence-corrected chi connectivity index (χ0v) is 34.4. The van der Waals surface area contributed by atoms with Crippen LogP contribution in [0.2, 0.25) is 0 Å². The summed E-state index contributed by atoms with van der Waals surface area (Å²) >= 11 is 0. The fourth-order valence-corrected chi connectivity index (χ4v) is 12.6. The standard InChI is InChI=1S/C48H72N6O2/c49-47(55)51(37-21-17-35(18-22-37)29-33-53-43-25-26-44(53)40-14-8-7-13-39(40)43)31-11-5-3-1-2-4-6-12-32-52(48(50)56)38-23-19-36(20-24-38)30-34-54-45-27-28-46(54)42-16-10-9-15-41(42)45/h7-10,13-16,35-38,43-46H,1-6,11-12,17-34H2,(H2,49,55)(H2,50,56)/t35?,36?,37?,38?,43-,44+,45-,46+. The molecule has 4 atom stereocenters. The quantitative estimate of drug-likeness (QED) is 0.139. The maximum absolute atomic E-state index is 12.5. The first-order chi connectivity index (χ1) is 27.5. The van der Waals surface area contributed by atoms with Gasteiger partial charge in [-0.05, 0) is 150 Å². The van der Waals surface area contributed by atoms with Gasteiger partial charge in [0.25, 0.3) is 0 Å². The van der Waals surface area contributed by atoms with E-state index in [1.54, 1.807) is 22.3 Å². The second kappa shape index (κ2) is 18.7. The second-order valence-corrected chi connectivity index (χ2v) is 18.8. The summed E-state index contributed by atoms with van der Waals surface area (Å²) < 4.78 is 0. The number of primary amides is 2. The molecule has 0 aromatic heterocycles. The van der Waals surface area contributed by atoms with Gasteiger partial charge in [0, 0.05) is 49.3 Å². The minimum atomic E-state index is -0.228. The molecule has 4 fully saturated rings. The number of carbonyl (C=O) groups is 2. The number of amides is 4. The lowest BCUT2D eigenvalue weighted by atomic mass is 9.83. The van der Waals surface area contributed by atoms with Crippen molar-refractivity contribution in [2.45, 2.75) is 178 Å². The van der Waals surface area contributed by atoms with Gasteiger partial charge in [0.1, 0.15) is 0 Å². The molecular weight excluding hydrogens is 693 g/mol. The van der Waals surface area contributed by atoms with Gasteiger partial charge in [-0.25, -0.2) is 9.59 Å². The molecule has 2 aromatic carbocycles. The molecule has 4 amide bonds. The third-order valence-electron chi connectivity index (χ3n) is 15.7. The Bertz CT molecular complexity index is 1420. The summed E-state index contributed by atoms with van der Waals surface area (Å²) in [6.07, 6.45) is 26.4. The van der Waals surface area contributed by atoms with Crippen LogP contribution in [0.4, 0.5) is 9.59 Å². The fraction of sp³-hybridized carbons (Fsp3) is 0.708. The molecule has 4 aliphatic heterocycles. The van der Waals surface area contributed by atoms with E-state index >= 15 is 0 Å². The number of rotatable bonds is 19. The molecule has 2 aliphatic carbocycles. The Labute approximate surface area is 338 Å². The number of benzene rings is 2. The second-order valence-electron chi connectivity index (χ2n) is 18.8. The normalized spacial score (nSPS) is 29.4. The van der Waals surface area contributed by atoms with Gasteiger partial charge >= 0.3 is 12.1 Å². The highest BCUT2D eigenvalue weighted by atomic mass is 16.2. The SMILES string of the molecule is NC(=O)N(CCCCCCCCCCN(C(N)=O)C1CCC(CCN2[C@@H]3CC[C@H]2c2ccccc23)CC1)C1CCC(CCN2[C@@H]3CC[C@H]2c2ccccc23)CC1. The Morgan fingerprint density at radius 1 is 0.464 bits per heavy atom. The van der Waals surface area contributed by atoms with E-state index in [0.717, 1.165) is 76.3 Å².